The summed E-state index contributed by atoms with van der Waals surface area (Å²) in [6, 6.07) is 7.88. The van der Waals surface area contributed by atoms with Gasteiger partial charge in [0.15, 0.2) is 4.34 Å². The molecule has 2 fully saturated rings. The average molecular weight is 418 g/mol. The van der Waals surface area contributed by atoms with E-state index in [9.17, 15) is 9.59 Å². The second-order valence-corrected chi connectivity index (χ2v) is 9.15. The highest BCUT2D eigenvalue weighted by Gasteiger charge is 2.30. The standard InChI is InChI=1S/C19H23N5O2S2/c25-17(14-7-11-24(12-8-14)19(26)23-9-3-4-10-23)21-15-5-1-2-6-16(15)28-18-22-20-13-27-18/h1-2,5-6,13-14H,3-4,7-12H2,(H,21,25). The van der Waals surface area contributed by atoms with Gasteiger partial charge in [0.2, 0.25) is 5.91 Å². The maximum absolute atomic E-state index is 12.8. The summed E-state index contributed by atoms with van der Waals surface area (Å²) < 4.78 is 0.843. The number of nitrogens with one attached hydrogen (secondary N) is 1. The summed E-state index contributed by atoms with van der Waals surface area (Å²) >= 11 is 2.97. The van der Waals surface area contributed by atoms with Gasteiger partial charge in [-0.05, 0) is 37.8 Å². The van der Waals surface area contributed by atoms with Crippen molar-refractivity contribution >= 4 is 40.7 Å². The molecule has 2 aliphatic rings. The number of nitrogens with zero attached hydrogens (tertiary/aromatic N) is 4. The first kappa shape index (κ1) is 19.2. The minimum atomic E-state index is -0.0674. The molecule has 2 aliphatic heterocycles. The normalized spacial score (nSPS) is 17.7. The Hall–Kier alpha value is -2.13. The van der Waals surface area contributed by atoms with E-state index < -0.39 is 0 Å². The predicted octanol–water partition coefficient (Wildman–Crippen LogP) is 3.56. The molecule has 28 heavy (non-hydrogen) atoms. The number of carbonyl (C=O) groups is 2. The van der Waals surface area contributed by atoms with Crippen LogP contribution in [-0.4, -0.2) is 58.1 Å². The van der Waals surface area contributed by atoms with E-state index in [0.29, 0.717) is 25.9 Å². The third kappa shape index (κ3) is 4.47. The van der Waals surface area contributed by atoms with Crippen molar-refractivity contribution in [1.29, 1.82) is 0 Å². The molecule has 2 aromatic rings. The van der Waals surface area contributed by atoms with Gasteiger partial charge in [-0.3, -0.25) is 4.79 Å². The highest BCUT2D eigenvalue weighted by Crippen LogP contribution is 2.34. The van der Waals surface area contributed by atoms with Crippen molar-refractivity contribution < 1.29 is 9.59 Å². The van der Waals surface area contributed by atoms with Crippen LogP contribution in [0.2, 0.25) is 0 Å². The zero-order chi connectivity index (χ0) is 19.3. The van der Waals surface area contributed by atoms with Crippen molar-refractivity contribution in [2.45, 2.75) is 34.9 Å². The number of hydrogen-bond donors (Lipinski definition) is 1. The number of anilines is 1. The lowest BCUT2D eigenvalue weighted by Gasteiger charge is -2.34. The van der Waals surface area contributed by atoms with Crippen LogP contribution in [0.5, 0.6) is 0 Å². The van der Waals surface area contributed by atoms with Crippen LogP contribution >= 0.6 is 23.1 Å². The maximum Gasteiger partial charge on any atom is 0.319 e. The number of benzene rings is 1. The number of hydrogen-bond acceptors (Lipinski definition) is 6. The molecule has 7 nitrogen and oxygen atoms in total. The van der Waals surface area contributed by atoms with Crippen LogP contribution in [0.3, 0.4) is 0 Å². The monoisotopic (exact) mass is 417 g/mol. The van der Waals surface area contributed by atoms with Crippen LogP contribution in [0.4, 0.5) is 10.5 Å². The van der Waals surface area contributed by atoms with Gasteiger partial charge >= 0.3 is 6.03 Å². The van der Waals surface area contributed by atoms with Crippen LogP contribution in [0.15, 0.2) is 39.0 Å². The zero-order valence-corrected chi connectivity index (χ0v) is 17.2. The fraction of sp³-hybridized carbons (Fsp3) is 0.474. The molecular formula is C19H23N5O2S2. The number of para-hydroxylation sites is 1. The summed E-state index contributed by atoms with van der Waals surface area (Å²) in [5, 5.41) is 11.0. The van der Waals surface area contributed by atoms with E-state index in [0.717, 1.165) is 40.9 Å². The van der Waals surface area contributed by atoms with Crippen molar-refractivity contribution in [3.05, 3.63) is 29.8 Å². The van der Waals surface area contributed by atoms with Crippen LogP contribution in [0.1, 0.15) is 25.7 Å². The van der Waals surface area contributed by atoms with E-state index in [4.69, 9.17) is 0 Å². The largest absolute Gasteiger partial charge is 0.325 e. The molecule has 2 saturated heterocycles. The van der Waals surface area contributed by atoms with Gasteiger partial charge in [-0.2, -0.15) is 0 Å². The summed E-state index contributed by atoms with van der Waals surface area (Å²) in [4.78, 5) is 30.1. The summed E-state index contributed by atoms with van der Waals surface area (Å²) in [6.07, 6.45) is 3.60. The van der Waals surface area contributed by atoms with Crippen molar-refractivity contribution in [2.75, 3.05) is 31.5 Å². The summed E-state index contributed by atoms with van der Waals surface area (Å²) in [5.74, 6) is -0.0409. The SMILES string of the molecule is O=C(Nc1ccccc1Sc1nncs1)C1CCN(C(=O)N2CCCC2)CC1. The molecule has 3 amide bonds. The van der Waals surface area contributed by atoms with E-state index >= 15 is 0 Å². The minimum Gasteiger partial charge on any atom is -0.325 e. The van der Waals surface area contributed by atoms with Gasteiger partial charge in [0.05, 0.1) is 5.69 Å². The highest BCUT2D eigenvalue weighted by molar-refractivity contribution is 8.01. The first-order valence-corrected chi connectivity index (χ1v) is 11.3. The van der Waals surface area contributed by atoms with E-state index in [1.54, 1.807) is 5.51 Å². The molecular weight excluding hydrogens is 394 g/mol. The van der Waals surface area contributed by atoms with Crippen molar-refractivity contribution in [3.8, 4) is 0 Å². The summed E-state index contributed by atoms with van der Waals surface area (Å²) in [7, 11) is 0. The van der Waals surface area contributed by atoms with Crippen molar-refractivity contribution in [3.63, 3.8) is 0 Å². The quantitative estimate of drug-likeness (QED) is 0.823. The van der Waals surface area contributed by atoms with Crippen LogP contribution in [-0.2, 0) is 4.79 Å². The third-order valence-electron chi connectivity index (χ3n) is 5.20. The third-order valence-corrected chi connectivity index (χ3v) is 7.05. The fourth-order valence-electron chi connectivity index (χ4n) is 3.64. The molecule has 1 aromatic carbocycles. The number of piperidine rings is 1. The Balaban J connectivity index is 1.33. The van der Waals surface area contributed by atoms with E-state index in [-0.39, 0.29) is 17.9 Å². The molecule has 3 heterocycles. The molecule has 1 N–H and O–H groups in total. The Morgan fingerprint density at radius 2 is 1.79 bits per heavy atom. The van der Waals surface area contributed by atoms with Crippen LogP contribution < -0.4 is 5.32 Å². The van der Waals surface area contributed by atoms with Gasteiger partial charge in [-0.25, -0.2) is 4.79 Å². The number of rotatable bonds is 4. The van der Waals surface area contributed by atoms with Crippen molar-refractivity contribution in [1.82, 2.24) is 20.0 Å². The molecule has 148 valence electrons. The van der Waals surface area contributed by atoms with Gasteiger partial charge in [0, 0.05) is 37.0 Å². The Kier molecular flexibility index (Phi) is 6.11. The van der Waals surface area contributed by atoms with Gasteiger partial charge in [-0.1, -0.05) is 35.2 Å². The first-order valence-electron chi connectivity index (χ1n) is 9.58. The van der Waals surface area contributed by atoms with E-state index in [2.05, 4.69) is 15.5 Å². The first-order chi connectivity index (χ1) is 13.7. The second-order valence-electron chi connectivity index (χ2n) is 7.03. The van der Waals surface area contributed by atoms with Gasteiger partial charge in [0.25, 0.3) is 0 Å². The number of urea groups is 1. The molecule has 0 aliphatic carbocycles. The van der Waals surface area contributed by atoms with Crippen molar-refractivity contribution in [2.24, 2.45) is 5.92 Å². The molecule has 0 radical (unpaired) electrons. The Morgan fingerprint density at radius 1 is 1.07 bits per heavy atom. The van der Waals surface area contributed by atoms with Gasteiger partial charge < -0.3 is 15.1 Å². The number of carbonyl (C=O) groups excluding carboxylic acids is 2. The Labute approximate surface area is 172 Å². The Bertz CT molecular complexity index is 815. The number of amides is 3. The van der Waals surface area contributed by atoms with Crippen LogP contribution in [0.25, 0.3) is 0 Å². The molecule has 9 heteroatoms. The lowest BCUT2D eigenvalue weighted by Crippen LogP contribution is -2.47. The maximum atomic E-state index is 12.8. The summed E-state index contributed by atoms with van der Waals surface area (Å²) in [6.45, 7) is 3.02. The van der Waals surface area contributed by atoms with Gasteiger partial charge in [0.1, 0.15) is 5.51 Å². The average Bonchev–Trinajstić information content (AvgIpc) is 3.43. The predicted molar refractivity (Wildman–Crippen MR) is 110 cm³/mol. The molecule has 4 rings (SSSR count). The summed E-state index contributed by atoms with van der Waals surface area (Å²) in [5.41, 5.74) is 2.49. The molecule has 0 bridgehead atoms. The fourth-order valence-corrected chi connectivity index (χ4v) is 5.16. The van der Waals surface area contributed by atoms with Crippen LogP contribution in [0, 0.1) is 5.92 Å². The minimum absolute atomic E-state index is 0.0265. The zero-order valence-electron chi connectivity index (χ0n) is 15.5. The molecule has 0 unspecified atom stereocenters. The highest BCUT2D eigenvalue weighted by atomic mass is 32.2. The molecule has 0 spiro atoms. The lowest BCUT2D eigenvalue weighted by atomic mass is 9.96. The lowest BCUT2D eigenvalue weighted by molar-refractivity contribution is -0.121. The second kappa shape index (κ2) is 8.91. The Morgan fingerprint density at radius 3 is 2.50 bits per heavy atom. The molecule has 1 aromatic heterocycles. The van der Waals surface area contributed by atoms with E-state index in [1.165, 1.54) is 23.1 Å². The molecule has 0 atom stereocenters. The smallest absolute Gasteiger partial charge is 0.319 e. The topological polar surface area (TPSA) is 78.4 Å². The number of likely N-dealkylation sites (tertiary alicyclic amines) is 2. The van der Waals surface area contributed by atoms with Gasteiger partial charge in [-0.15, -0.1) is 10.2 Å². The van der Waals surface area contributed by atoms with E-state index in [1.807, 2.05) is 34.1 Å². The molecule has 0 saturated carbocycles. The number of aromatic nitrogens is 2.